The highest BCUT2D eigenvalue weighted by Gasteiger charge is 2.32. The average molecular weight is 439 g/mol. The largest absolute Gasteiger partial charge is 0.507 e. The number of nitrogens with one attached hydrogen (secondary N) is 1. The molecule has 2 aromatic rings. The number of aromatic hydroxyl groups is 1. The number of aromatic nitrogens is 3. The van der Waals surface area contributed by atoms with Crippen molar-refractivity contribution < 1.29 is 27.8 Å². The molecular weight excluding hydrogens is 415 g/mol. The first-order chi connectivity index (χ1) is 14.3. The maximum absolute atomic E-state index is 12.8. The molecule has 1 aliphatic heterocycles. The van der Waals surface area contributed by atoms with E-state index in [-0.39, 0.29) is 17.3 Å². The van der Waals surface area contributed by atoms with Gasteiger partial charge >= 0.3 is 12.3 Å². The van der Waals surface area contributed by atoms with E-state index in [1.165, 1.54) is 0 Å². The normalized spacial score (nSPS) is 17.0. The lowest BCUT2D eigenvalue weighted by Gasteiger charge is -2.22. The third kappa shape index (κ3) is 5.53. The van der Waals surface area contributed by atoms with Crippen LogP contribution in [0.3, 0.4) is 0 Å². The van der Waals surface area contributed by atoms with E-state index in [0.29, 0.717) is 37.2 Å². The van der Waals surface area contributed by atoms with Crippen LogP contribution >= 0.6 is 0 Å². The number of halogens is 3. The van der Waals surface area contributed by atoms with Gasteiger partial charge in [-0.15, -0.1) is 10.2 Å². The van der Waals surface area contributed by atoms with E-state index >= 15 is 0 Å². The molecule has 3 rings (SSSR count). The summed E-state index contributed by atoms with van der Waals surface area (Å²) in [5, 5.41) is 21.0. The molecule has 1 amide bonds. The van der Waals surface area contributed by atoms with Crippen molar-refractivity contribution in [3.63, 3.8) is 0 Å². The molecule has 1 aromatic heterocycles. The molecule has 1 atom stereocenters. The molecule has 1 fully saturated rings. The molecule has 2 N–H and O–H groups in total. The Bertz CT molecular complexity index is 976. The Labute approximate surface area is 177 Å². The maximum atomic E-state index is 12.8. The van der Waals surface area contributed by atoms with E-state index in [1.54, 1.807) is 27.7 Å². The molecule has 1 saturated heterocycles. The molecule has 1 aliphatic rings. The van der Waals surface area contributed by atoms with Crippen LogP contribution in [0, 0.1) is 6.92 Å². The van der Waals surface area contributed by atoms with Gasteiger partial charge in [-0.3, -0.25) is 0 Å². The number of phenolic OH excluding ortho intramolecular Hbond substituents is 1. The van der Waals surface area contributed by atoms with Crippen LogP contribution in [0.2, 0.25) is 0 Å². The monoisotopic (exact) mass is 439 g/mol. The van der Waals surface area contributed by atoms with Crippen molar-refractivity contribution in [3.8, 4) is 17.0 Å². The van der Waals surface area contributed by atoms with Crippen LogP contribution < -0.4 is 10.2 Å². The van der Waals surface area contributed by atoms with Gasteiger partial charge in [0.25, 0.3) is 0 Å². The number of ether oxygens (including phenoxy) is 1. The summed E-state index contributed by atoms with van der Waals surface area (Å²) in [6.07, 6.45) is -4.38. The molecule has 1 aromatic carbocycles. The highest BCUT2D eigenvalue weighted by atomic mass is 19.4. The Morgan fingerprint density at radius 2 is 1.97 bits per heavy atom. The van der Waals surface area contributed by atoms with Gasteiger partial charge in [-0.2, -0.15) is 13.2 Å². The molecule has 0 bridgehead atoms. The second-order valence-electron chi connectivity index (χ2n) is 8.35. The first kappa shape index (κ1) is 22.6. The van der Waals surface area contributed by atoms with Crippen molar-refractivity contribution in [2.45, 2.75) is 51.9 Å². The third-order valence-corrected chi connectivity index (χ3v) is 4.62. The fourth-order valence-electron chi connectivity index (χ4n) is 3.22. The number of phenols is 1. The van der Waals surface area contributed by atoms with Crippen LogP contribution in [-0.4, -0.2) is 51.1 Å². The number of hydrogen-bond acceptors (Lipinski definition) is 7. The Kier molecular flexibility index (Phi) is 5.97. The summed E-state index contributed by atoms with van der Waals surface area (Å²) in [7, 11) is 0. The zero-order valence-corrected chi connectivity index (χ0v) is 17.6. The predicted molar refractivity (Wildman–Crippen MR) is 107 cm³/mol. The highest BCUT2D eigenvalue weighted by Crippen LogP contribution is 2.36. The molecule has 11 heteroatoms. The van der Waals surface area contributed by atoms with Crippen molar-refractivity contribution in [2.75, 3.05) is 18.0 Å². The lowest BCUT2D eigenvalue weighted by molar-refractivity contribution is -0.137. The zero-order chi connectivity index (χ0) is 23.0. The van der Waals surface area contributed by atoms with Crippen molar-refractivity contribution in [3.05, 3.63) is 29.5 Å². The number of anilines is 1. The van der Waals surface area contributed by atoms with Gasteiger partial charge in [0, 0.05) is 18.7 Å². The van der Waals surface area contributed by atoms with Crippen LogP contribution in [0.25, 0.3) is 11.3 Å². The minimum absolute atomic E-state index is 0.114. The molecule has 0 radical (unpaired) electrons. The molecule has 8 nitrogen and oxygen atoms in total. The molecule has 0 unspecified atom stereocenters. The van der Waals surface area contributed by atoms with Crippen LogP contribution in [-0.2, 0) is 10.9 Å². The van der Waals surface area contributed by atoms with Gasteiger partial charge in [-0.25, -0.2) is 9.78 Å². The fraction of sp³-hybridized carbons (Fsp3) is 0.500. The summed E-state index contributed by atoms with van der Waals surface area (Å²) in [6.45, 7) is 8.04. The number of aryl methyl sites for hydroxylation is 1. The minimum Gasteiger partial charge on any atom is -0.507 e. The molecule has 2 heterocycles. The Balaban J connectivity index is 1.71. The minimum atomic E-state index is -4.56. The van der Waals surface area contributed by atoms with Gasteiger partial charge in [-0.05, 0) is 52.3 Å². The van der Waals surface area contributed by atoms with Gasteiger partial charge in [0.05, 0.1) is 17.3 Å². The van der Waals surface area contributed by atoms with E-state index < -0.39 is 29.2 Å². The Hall–Kier alpha value is -3.11. The lowest BCUT2D eigenvalue weighted by Crippen LogP contribution is -2.40. The van der Waals surface area contributed by atoms with E-state index in [0.717, 1.165) is 12.1 Å². The van der Waals surface area contributed by atoms with Crippen molar-refractivity contribution in [2.24, 2.45) is 0 Å². The standard InChI is InChI=1S/C20H24F3N5O3/c1-11-16(14-6-5-12(9-15(14)29)20(21,22)23)26-27-17(24-11)28-8-7-13(10-28)25-18(30)31-19(2,3)4/h5-6,9,13,29H,7-8,10H2,1-4H3,(H,25,30)/t13-/m0/s1. The Morgan fingerprint density at radius 3 is 2.55 bits per heavy atom. The molecule has 31 heavy (non-hydrogen) atoms. The summed E-state index contributed by atoms with van der Waals surface area (Å²) < 4.78 is 43.7. The van der Waals surface area contributed by atoms with Crippen LogP contribution in [0.4, 0.5) is 23.9 Å². The summed E-state index contributed by atoms with van der Waals surface area (Å²) in [5.74, 6) is -0.217. The number of benzene rings is 1. The van der Waals surface area contributed by atoms with Gasteiger partial charge < -0.3 is 20.1 Å². The van der Waals surface area contributed by atoms with E-state index in [2.05, 4.69) is 20.5 Å². The van der Waals surface area contributed by atoms with Crippen LogP contribution in [0.5, 0.6) is 5.75 Å². The SMILES string of the molecule is Cc1nc(N2CC[C@H](NC(=O)OC(C)(C)C)C2)nnc1-c1ccc(C(F)(F)F)cc1O. The number of rotatable bonds is 3. The van der Waals surface area contributed by atoms with Crippen LogP contribution in [0.15, 0.2) is 18.2 Å². The number of carbonyl (C=O) groups is 1. The van der Waals surface area contributed by atoms with Crippen molar-refractivity contribution in [1.29, 1.82) is 0 Å². The number of amides is 1. The predicted octanol–water partition coefficient (Wildman–Crippen LogP) is 3.67. The lowest BCUT2D eigenvalue weighted by atomic mass is 10.1. The quantitative estimate of drug-likeness (QED) is 0.753. The molecular formula is C20H24F3N5O3. The van der Waals surface area contributed by atoms with Crippen molar-refractivity contribution in [1.82, 2.24) is 20.5 Å². The van der Waals surface area contributed by atoms with E-state index in [1.807, 2.05) is 4.90 Å². The van der Waals surface area contributed by atoms with Crippen LogP contribution in [0.1, 0.15) is 38.4 Å². The van der Waals surface area contributed by atoms with E-state index in [9.17, 15) is 23.1 Å². The summed E-state index contributed by atoms with van der Waals surface area (Å²) in [6, 6.07) is 2.53. The molecule has 0 aliphatic carbocycles. The van der Waals surface area contributed by atoms with Gasteiger partial charge in [0.15, 0.2) is 0 Å². The summed E-state index contributed by atoms with van der Waals surface area (Å²) in [4.78, 5) is 18.2. The highest BCUT2D eigenvalue weighted by molar-refractivity contribution is 5.69. The average Bonchev–Trinajstić information content (AvgIpc) is 3.08. The second-order valence-corrected chi connectivity index (χ2v) is 8.35. The number of nitrogens with zero attached hydrogens (tertiary/aromatic N) is 4. The zero-order valence-electron chi connectivity index (χ0n) is 17.6. The van der Waals surface area contributed by atoms with Gasteiger partial charge in [0.1, 0.15) is 17.0 Å². The first-order valence-corrected chi connectivity index (χ1v) is 9.70. The number of hydrogen-bond donors (Lipinski definition) is 2. The topological polar surface area (TPSA) is 100 Å². The Morgan fingerprint density at radius 1 is 1.26 bits per heavy atom. The molecule has 0 saturated carbocycles. The number of carbonyl (C=O) groups excluding carboxylic acids is 1. The number of alkyl halides is 3. The first-order valence-electron chi connectivity index (χ1n) is 9.70. The fourth-order valence-corrected chi connectivity index (χ4v) is 3.22. The molecule has 168 valence electrons. The smallest absolute Gasteiger partial charge is 0.416 e. The number of alkyl carbamates (subject to hydrolysis) is 1. The van der Waals surface area contributed by atoms with E-state index in [4.69, 9.17) is 4.74 Å². The third-order valence-electron chi connectivity index (χ3n) is 4.62. The second kappa shape index (κ2) is 8.20. The summed E-state index contributed by atoms with van der Waals surface area (Å²) >= 11 is 0. The maximum Gasteiger partial charge on any atom is 0.416 e. The van der Waals surface area contributed by atoms with Crippen molar-refractivity contribution >= 4 is 12.0 Å². The molecule has 0 spiro atoms. The van der Waals surface area contributed by atoms with Gasteiger partial charge in [-0.1, -0.05) is 0 Å². The summed E-state index contributed by atoms with van der Waals surface area (Å²) in [5.41, 5.74) is -0.833. The van der Waals surface area contributed by atoms with Gasteiger partial charge in [0.2, 0.25) is 5.95 Å².